The monoisotopic (exact) mass is 755 g/mol. The number of nitriles is 1. The van der Waals surface area contributed by atoms with Gasteiger partial charge in [-0.05, 0) is 68.7 Å². The number of hydrogen-bond acceptors (Lipinski definition) is 12. The van der Waals surface area contributed by atoms with E-state index in [4.69, 9.17) is 28.0 Å². The molecule has 15 heteroatoms. The number of fused-ring (bicyclic) bond motifs is 1. The van der Waals surface area contributed by atoms with Gasteiger partial charge in [0.1, 0.15) is 23.2 Å². The van der Waals surface area contributed by atoms with Crippen LogP contribution in [0.1, 0.15) is 63.5 Å². The molecule has 4 atom stereocenters. The van der Waals surface area contributed by atoms with Crippen molar-refractivity contribution in [2.24, 2.45) is 0 Å². The highest BCUT2D eigenvalue weighted by molar-refractivity contribution is 7.44. The normalized spacial score (nSPS) is 18.0. The second-order valence-corrected chi connectivity index (χ2v) is 14.7. The van der Waals surface area contributed by atoms with Crippen molar-refractivity contribution in [3.63, 3.8) is 0 Å². The van der Waals surface area contributed by atoms with E-state index in [-0.39, 0.29) is 42.9 Å². The van der Waals surface area contributed by atoms with Crippen LogP contribution >= 0.6 is 8.53 Å². The van der Waals surface area contributed by atoms with E-state index in [0.29, 0.717) is 17.9 Å². The van der Waals surface area contributed by atoms with Crippen molar-refractivity contribution >= 4 is 19.7 Å². The Balaban J connectivity index is 1.43. The molecule has 0 radical (unpaired) electrons. The van der Waals surface area contributed by atoms with Crippen molar-refractivity contribution in [1.82, 2.24) is 29.6 Å². The van der Waals surface area contributed by atoms with Gasteiger partial charge in [0.25, 0.3) is 14.1 Å². The minimum absolute atomic E-state index is 0.0689. The Kier molecular flexibility index (Phi) is 12.7. The van der Waals surface area contributed by atoms with Gasteiger partial charge in [-0.1, -0.05) is 59.8 Å². The molecule has 54 heavy (non-hydrogen) atoms. The SMILES string of the molecule is COc1ccc(C(OC[C@H]2O[C@@H](n3nnc4c(=O)[nH]cnc43)C[C@@H]2OP(OCCC#N)N(C(C)C)C(C)C)(c2ccccc2)c2ccc(OC)cc2)cc1. The molecule has 3 heterocycles. The van der Waals surface area contributed by atoms with Crippen molar-refractivity contribution in [3.05, 3.63) is 112 Å². The molecular weight excluding hydrogens is 709 g/mol. The van der Waals surface area contributed by atoms with Gasteiger partial charge in [-0.15, -0.1) is 5.10 Å². The van der Waals surface area contributed by atoms with E-state index in [0.717, 1.165) is 16.7 Å². The molecule has 0 spiro atoms. The maximum atomic E-state index is 12.6. The number of H-pyrrole nitrogens is 1. The third kappa shape index (κ3) is 8.17. The molecule has 5 aromatic rings. The third-order valence-corrected chi connectivity index (χ3v) is 11.4. The van der Waals surface area contributed by atoms with Crippen LogP contribution in [0.25, 0.3) is 11.2 Å². The van der Waals surface area contributed by atoms with E-state index in [9.17, 15) is 10.1 Å². The highest BCUT2D eigenvalue weighted by atomic mass is 31.2. The number of ether oxygens (including phenoxy) is 4. The van der Waals surface area contributed by atoms with Crippen molar-refractivity contribution < 1.29 is 28.0 Å². The number of methoxy groups -OCH3 is 2. The van der Waals surface area contributed by atoms with Crippen molar-refractivity contribution in [1.29, 1.82) is 5.26 Å². The zero-order valence-electron chi connectivity index (χ0n) is 31.3. The molecule has 1 aliphatic heterocycles. The zero-order chi connectivity index (χ0) is 38.2. The minimum Gasteiger partial charge on any atom is -0.497 e. The lowest BCUT2D eigenvalue weighted by molar-refractivity contribution is -0.0934. The zero-order valence-corrected chi connectivity index (χ0v) is 32.2. The van der Waals surface area contributed by atoms with Gasteiger partial charge in [-0.3, -0.25) is 4.79 Å². The summed E-state index contributed by atoms with van der Waals surface area (Å²) in [4.78, 5) is 19.5. The minimum atomic E-state index is -1.65. The molecule has 0 aliphatic carbocycles. The molecule has 6 rings (SSSR count). The van der Waals surface area contributed by atoms with Gasteiger partial charge in [-0.2, -0.15) is 9.94 Å². The van der Waals surface area contributed by atoms with Gasteiger partial charge in [-0.25, -0.2) is 9.65 Å². The van der Waals surface area contributed by atoms with E-state index in [1.54, 1.807) is 14.2 Å². The number of benzene rings is 3. The summed E-state index contributed by atoms with van der Waals surface area (Å²) in [6.07, 6.45) is -0.0479. The second kappa shape index (κ2) is 17.6. The number of aromatic amines is 1. The van der Waals surface area contributed by atoms with Crippen molar-refractivity contribution in [2.75, 3.05) is 27.4 Å². The van der Waals surface area contributed by atoms with Crippen LogP contribution in [-0.4, -0.2) is 81.4 Å². The van der Waals surface area contributed by atoms with Crippen LogP contribution in [0.4, 0.5) is 0 Å². The van der Waals surface area contributed by atoms with E-state index in [1.807, 2.05) is 78.9 Å². The Hall–Kier alpha value is -4.74. The van der Waals surface area contributed by atoms with Gasteiger partial charge in [0, 0.05) is 18.5 Å². The molecule has 1 aliphatic rings. The Morgan fingerprint density at radius 2 is 1.57 bits per heavy atom. The number of rotatable bonds is 17. The predicted molar refractivity (Wildman–Crippen MR) is 203 cm³/mol. The lowest BCUT2D eigenvalue weighted by atomic mass is 9.80. The first-order chi connectivity index (χ1) is 26.2. The Morgan fingerprint density at radius 3 is 2.15 bits per heavy atom. The molecule has 14 nitrogen and oxygen atoms in total. The van der Waals surface area contributed by atoms with Crippen molar-refractivity contribution in [3.8, 4) is 17.6 Å². The van der Waals surface area contributed by atoms with E-state index in [2.05, 4.69) is 58.7 Å². The number of nitrogens with one attached hydrogen (secondary N) is 1. The fraction of sp³-hybridized carbons (Fsp3) is 0.410. The molecule has 1 unspecified atom stereocenters. The highest BCUT2D eigenvalue weighted by Gasteiger charge is 2.45. The molecule has 0 bridgehead atoms. The quantitative estimate of drug-likeness (QED) is 0.0626. The number of hydrogen-bond donors (Lipinski definition) is 1. The third-order valence-electron chi connectivity index (χ3n) is 9.25. The van der Waals surface area contributed by atoms with Crippen molar-refractivity contribution in [2.45, 2.75) is 76.7 Å². The summed E-state index contributed by atoms with van der Waals surface area (Å²) in [7, 11) is 1.62. The first kappa shape index (κ1) is 39.0. The molecule has 2 aromatic heterocycles. The first-order valence-electron chi connectivity index (χ1n) is 17.9. The van der Waals surface area contributed by atoms with Gasteiger partial charge < -0.3 is 33.0 Å². The van der Waals surface area contributed by atoms with E-state index in [1.165, 1.54) is 11.0 Å². The van der Waals surface area contributed by atoms with Crippen LogP contribution in [0.3, 0.4) is 0 Å². The highest BCUT2D eigenvalue weighted by Crippen LogP contribution is 2.51. The molecule has 1 saturated heterocycles. The lowest BCUT2D eigenvalue weighted by Crippen LogP contribution is -2.39. The average molecular weight is 756 g/mol. The van der Waals surface area contributed by atoms with Crippen LogP contribution in [0, 0.1) is 11.3 Å². The number of aromatic nitrogens is 5. The fourth-order valence-electron chi connectivity index (χ4n) is 6.77. The molecule has 0 saturated carbocycles. The predicted octanol–water partition coefficient (Wildman–Crippen LogP) is 6.49. The smallest absolute Gasteiger partial charge is 0.280 e. The van der Waals surface area contributed by atoms with Crippen LogP contribution < -0.4 is 15.0 Å². The average Bonchev–Trinajstić information content (AvgIpc) is 3.80. The topological polar surface area (TPSA) is 159 Å². The van der Waals surface area contributed by atoms with Crippen LogP contribution in [0.5, 0.6) is 11.5 Å². The molecule has 284 valence electrons. The molecular formula is C39H46N7O7P. The van der Waals surface area contributed by atoms with Crippen LogP contribution in [0.15, 0.2) is 90.0 Å². The maximum absolute atomic E-state index is 12.6. The maximum Gasteiger partial charge on any atom is 0.280 e. The molecule has 1 N–H and O–H groups in total. The van der Waals surface area contributed by atoms with Crippen LogP contribution in [-0.2, 0) is 24.1 Å². The molecule has 1 fully saturated rings. The summed E-state index contributed by atoms with van der Waals surface area (Å²) >= 11 is 0. The van der Waals surface area contributed by atoms with Gasteiger partial charge in [0.2, 0.25) is 0 Å². The molecule has 3 aromatic carbocycles. The largest absolute Gasteiger partial charge is 0.497 e. The summed E-state index contributed by atoms with van der Waals surface area (Å²) in [5.74, 6) is 1.42. The summed E-state index contributed by atoms with van der Waals surface area (Å²) in [6, 6.07) is 28.0. The Bertz CT molecular complexity index is 2000. The van der Waals surface area contributed by atoms with E-state index < -0.39 is 38.1 Å². The van der Waals surface area contributed by atoms with Gasteiger partial charge in [0.15, 0.2) is 17.4 Å². The second-order valence-electron chi connectivity index (χ2n) is 13.3. The summed E-state index contributed by atoms with van der Waals surface area (Å²) in [5.41, 5.74) is 1.51. The summed E-state index contributed by atoms with van der Waals surface area (Å²) < 4.78 is 42.0. The van der Waals surface area contributed by atoms with Crippen LogP contribution in [0.2, 0.25) is 0 Å². The summed E-state index contributed by atoms with van der Waals surface area (Å²) in [6.45, 7) is 8.63. The summed E-state index contributed by atoms with van der Waals surface area (Å²) in [5, 5.41) is 17.7. The Labute approximate surface area is 315 Å². The van der Waals surface area contributed by atoms with Gasteiger partial charge >= 0.3 is 0 Å². The first-order valence-corrected chi connectivity index (χ1v) is 19.0. The van der Waals surface area contributed by atoms with Gasteiger partial charge in [0.05, 0.1) is 52.4 Å². The van der Waals surface area contributed by atoms with E-state index >= 15 is 0 Å². The standard InChI is InChI=1S/C39H46N7O7P/c1-26(2)46(27(3)4)54(51-22-10-21-40)53-33-23-35(45-37-36(43-44-45)38(47)42-25-41-37)52-34(33)24-50-39(28-11-8-7-9-12-28,29-13-17-31(48-5)18-14-29)30-15-19-32(49-6)20-16-30/h7-9,11-20,25-27,33-35H,10,22-24H2,1-6H3,(H,41,42,47)/t33-,34+,35+,54?/m0/s1. The fourth-order valence-corrected chi connectivity index (χ4v) is 8.53. The Morgan fingerprint density at radius 1 is 0.963 bits per heavy atom. The lowest BCUT2D eigenvalue weighted by Gasteiger charge is -2.39. The number of nitrogens with zero attached hydrogens (tertiary/aromatic N) is 6. The molecule has 0 amide bonds.